The fraction of sp³-hybridized carbons (Fsp3) is 0.171. The van der Waals surface area contributed by atoms with Crippen LogP contribution in [0.15, 0.2) is 97.1 Å². The van der Waals surface area contributed by atoms with Crippen molar-refractivity contribution in [3.63, 3.8) is 0 Å². The standard InChI is InChI=1S/C35H30F2N4O2S/c1-22-9-8-14-29(23(22)2)41-35-32(33(39-41)25-10-4-3-5-11-25)34(27-12-6-7-13-28(27)37)44-21-31(43)40(35)20-30(42)38-19-24-15-17-26(36)18-16-24/h3-18,34H,19-21H2,1-2H3,(H,38,42). The second-order valence-corrected chi connectivity index (χ2v) is 11.8. The van der Waals surface area contributed by atoms with E-state index in [2.05, 4.69) is 5.32 Å². The first-order chi connectivity index (χ1) is 21.3. The summed E-state index contributed by atoms with van der Waals surface area (Å²) in [6.45, 7) is 3.89. The van der Waals surface area contributed by atoms with E-state index >= 15 is 4.39 Å². The molecule has 0 aliphatic carbocycles. The van der Waals surface area contributed by atoms with Gasteiger partial charge in [-0.15, -0.1) is 11.8 Å². The van der Waals surface area contributed by atoms with Crippen LogP contribution in [0.25, 0.3) is 16.9 Å². The highest BCUT2D eigenvalue weighted by Gasteiger charge is 2.38. The molecule has 5 aromatic rings. The first kappa shape index (κ1) is 29.3. The number of thioether (sulfide) groups is 1. The Labute approximate surface area is 258 Å². The van der Waals surface area contributed by atoms with E-state index in [1.54, 1.807) is 35.0 Å². The summed E-state index contributed by atoms with van der Waals surface area (Å²) in [5.74, 6) is -0.972. The third-order valence-electron chi connectivity index (χ3n) is 7.83. The molecule has 2 heterocycles. The number of aromatic nitrogens is 2. The Hall–Kier alpha value is -4.76. The first-order valence-corrected chi connectivity index (χ1v) is 15.3. The molecule has 44 heavy (non-hydrogen) atoms. The van der Waals surface area contributed by atoms with Gasteiger partial charge in [-0.05, 0) is 54.8 Å². The molecule has 0 saturated heterocycles. The van der Waals surface area contributed by atoms with E-state index in [4.69, 9.17) is 5.10 Å². The zero-order chi connectivity index (χ0) is 30.8. The minimum atomic E-state index is -0.573. The number of rotatable bonds is 7. The summed E-state index contributed by atoms with van der Waals surface area (Å²) >= 11 is 1.32. The quantitative estimate of drug-likeness (QED) is 0.218. The van der Waals surface area contributed by atoms with Gasteiger partial charge in [0, 0.05) is 23.2 Å². The van der Waals surface area contributed by atoms with Crippen LogP contribution in [0.1, 0.15) is 33.1 Å². The van der Waals surface area contributed by atoms with Crippen LogP contribution < -0.4 is 10.2 Å². The van der Waals surface area contributed by atoms with Crippen LogP contribution in [-0.2, 0) is 16.1 Å². The molecule has 4 aromatic carbocycles. The molecule has 9 heteroatoms. The molecule has 6 rings (SSSR count). The van der Waals surface area contributed by atoms with Gasteiger partial charge in [0.05, 0.1) is 22.4 Å². The zero-order valence-corrected chi connectivity index (χ0v) is 25.1. The Morgan fingerprint density at radius 1 is 0.932 bits per heavy atom. The smallest absolute Gasteiger partial charge is 0.240 e. The van der Waals surface area contributed by atoms with E-state index in [0.29, 0.717) is 22.6 Å². The Morgan fingerprint density at radius 2 is 1.66 bits per heavy atom. The van der Waals surface area contributed by atoms with E-state index in [1.807, 2.05) is 62.4 Å². The summed E-state index contributed by atoms with van der Waals surface area (Å²) in [6, 6.07) is 27.9. The highest BCUT2D eigenvalue weighted by Crippen LogP contribution is 2.49. The number of hydrogen-bond acceptors (Lipinski definition) is 4. The summed E-state index contributed by atoms with van der Waals surface area (Å²) < 4.78 is 30.6. The topological polar surface area (TPSA) is 67.2 Å². The highest BCUT2D eigenvalue weighted by molar-refractivity contribution is 8.00. The van der Waals surface area contributed by atoms with Crippen LogP contribution in [0.4, 0.5) is 14.6 Å². The molecule has 1 aliphatic rings. The maximum absolute atomic E-state index is 15.4. The van der Waals surface area contributed by atoms with Crippen molar-refractivity contribution < 1.29 is 18.4 Å². The SMILES string of the molecule is Cc1cccc(-n2nc(-c3ccccc3)c3c2N(CC(=O)NCc2ccc(F)cc2)C(=O)CSC3c2ccccc2F)c1C. The van der Waals surface area contributed by atoms with Crippen molar-refractivity contribution in [2.75, 3.05) is 17.2 Å². The van der Waals surface area contributed by atoms with Crippen molar-refractivity contribution in [3.8, 4) is 16.9 Å². The molecular formula is C35H30F2N4O2S. The Balaban J connectivity index is 1.53. The summed E-state index contributed by atoms with van der Waals surface area (Å²) in [6.07, 6.45) is 0. The molecule has 222 valence electrons. The lowest BCUT2D eigenvalue weighted by atomic mass is 9.99. The minimum absolute atomic E-state index is 0.0277. The molecule has 0 spiro atoms. The number of hydrogen-bond donors (Lipinski definition) is 1. The molecule has 0 fully saturated rings. The number of carbonyl (C=O) groups excluding carboxylic acids is 2. The molecule has 0 radical (unpaired) electrons. The number of nitrogens with zero attached hydrogens (tertiary/aromatic N) is 3. The average molecular weight is 609 g/mol. The average Bonchev–Trinajstić information content (AvgIpc) is 3.35. The van der Waals surface area contributed by atoms with Gasteiger partial charge in [-0.1, -0.05) is 72.8 Å². The summed E-state index contributed by atoms with van der Waals surface area (Å²) in [7, 11) is 0. The van der Waals surface area contributed by atoms with E-state index < -0.39 is 11.2 Å². The van der Waals surface area contributed by atoms with Crippen LogP contribution in [0.5, 0.6) is 0 Å². The van der Waals surface area contributed by atoms with Gasteiger partial charge in [0.1, 0.15) is 24.0 Å². The van der Waals surface area contributed by atoms with E-state index in [9.17, 15) is 14.0 Å². The van der Waals surface area contributed by atoms with Crippen molar-refractivity contribution in [2.24, 2.45) is 0 Å². The lowest BCUT2D eigenvalue weighted by molar-refractivity contribution is -0.123. The number of aryl methyl sites for hydroxylation is 1. The van der Waals surface area contributed by atoms with Gasteiger partial charge in [0.15, 0.2) is 0 Å². The highest BCUT2D eigenvalue weighted by atomic mass is 32.2. The lowest BCUT2D eigenvalue weighted by Crippen LogP contribution is -2.42. The molecule has 0 saturated carbocycles. The maximum Gasteiger partial charge on any atom is 0.240 e. The number of fused-ring (bicyclic) bond motifs is 1. The van der Waals surface area contributed by atoms with Crippen LogP contribution in [0.2, 0.25) is 0 Å². The molecule has 0 bridgehead atoms. The zero-order valence-electron chi connectivity index (χ0n) is 24.3. The van der Waals surface area contributed by atoms with Crippen molar-refractivity contribution in [1.82, 2.24) is 15.1 Å². The molecule has 1 unspecified atom stereocenters. The number of carbonyl (C=O) groups is 2. The minimum Gasteiger partial charge on any atom is -0.350 e. The number of benzene rings is 4. The van der Waals surface area contributed by atoms with Crippen LogP contribution in [0.3, 0.4) is 0 Å². The normalized spacial score (nSPS) is 14.7. The summed E-state index contributed by atoms with van der Waals surface area (Å²) in [4.78, 5) is 28.8. The fourth-order valence-electron chi connectivity index (χ4n) is 5.40. The largest absolute Gasteiger partial charge is 0.350 e. The molecule has 1 N–H and O–H groups in total. The molecule has 2 amide bonds. The molecular weight excluding hydrogens is 578 g/mol. The summed E-state index contributed by atoms with van der Waals surface area (Å²) in [5, 5.41) is 7.38. The number of anilines is 1. The molecule has 6 nitrogen and oxygen atoms in total. The fourth-order valence-corrected chi connectivity index (χ4v) is 6.62. The van der Waals surface area contributed by atoms with Crippen LogP contribution >= 0.6 is 11.8 Å². The molecule has 1 atom stereocenters. The van der Waals surface area contributed by atoms with E-state index in [0.717, 1.165) is 27.9 Å². The van der Waals surface area contributed by atoms with Gasteiger partial charge in [0.25, 0.3) is 0 Å². The van der Waals surface area contributed by atoms with Gasteiger partial charge in [-0.25, -0.2) is 13.5 Å². The third kappa shape index (κ3) is 5.75. The second-order valence-electron chi connectivity index (χ2n) is 10.7. The van der Waals surface area contributed by atoms with E-state index in [1.165, 1.54) is 34.9 Å². The first-order valence-electron chi connectivity index (χ1n) is 14.2. The monoisotopic (exact) mass is 608 g/mol. The predicted octanol–water partition coefficient (Wildman–Crippen LogP) is 6.92. The lowest BCUT2D eigenvalue weighted by Gasteiger charge is -2.24. The van der Waals surface area contributed by atoms with Gasteiger partial charge in [-0.3, -0.25) is 14.5 Å². The number of halogens is 2. The van der Waals surface area contributed by atoms with Gasteiger partial charge >= 0.3 is 0 Å². The molecule has 1 aliphatic heterocycles. The maximum atomic E-state index is 15.4. The van der Waals surface area contributed by atoms with Crippen LogP contribution in [0, 0.1) is 25.5 Å². The predicted molar refractivity (Wildman–Crippen MR) is 170 cm³/mol. The third-order valence-corrected chi connectivity index (χ3v) is 9.07. The number of amides is 2. The van der Waals surface area contributed by atoms with E-state index in [-0.39, 0.29) is 36.4 Å². The van der Waals surface area contributed by atoms with Gasteiger partial charge < -0.3 is 5.32 Å². The molecule has 1 aromatic heterocycles. The van der Waals surface area contributed by atoms with Crippen LogP contribution in [-0.4, -0.2) is 33.9 Å². The Morgan fingerprint density at radius 3 is 2.41 bits per heavy atom. The number of nitrogens with one attached hydrogen (secondary N) is 1. The Bertz CT molecular complexity index is 1840. The van der Waals surface area contributed by atoms with Crippen molar-refractivity contribution in [2.45, 2.75) is 25.6 Å². The summed E-state index contributed by atoms with van der Waals surface area (Å²) in [5.41, 5.74) is 5.99. The Kier molecular flexibility index (Phi) is 8.30. The van der Waals surface area contributed by atoms with Gasteiger partial charge in [0.2, 0.25) is 11.8 Å². The van der Waals surface area contributed by atoms with Crippen molar-refractivity contribution >= 4 is 29.4 Å². The van der Waals surface area contributed by atoms with Gasteiger partial charge in [-0.2, -0.15) is 5.10 Å². The second kappa shape index (κ2) is 12.5. The van der Waals surface area contributed by atoms with Crippen molar-refractivity contribution in [1.29, 1.82) is 0 Å². The van der Waals surface area contributed by atoms with Crippen molar-refractivity contribution in [3.05, 3.63) is 137 Å².